The average Bonchev–Trinajstić information content (AvgIpc) is 2.28. The summed E-state index contributed by atoms with van der Waals surface area (Å²) in [4.78, 5) is 0. The highest BCUT2D eigenvalue weighted by molar-refractivity contribution is 5.23. The van der Waals surface area contributed by atoms with Crippen LogP contribution in [0.5, 0.6) is 0 Å². The predicted octanol–water partition coefficient (Wildman–Crippen LogP) is 2.38. The molecule has 1 unspecified atom stereocenters. The maximum Gasteiger partial charge on any atom is 0.126 e. The molecule has 0 spiro atoms. The number of hydrogen-bond acceptors (Lipinski definition) is 2. The van der Waals surface area contributed by atoms with Crippen molar-refractivity contribution in [3.8, 4) is 0 Å². The van der Waals surface area contributed by atoms with Crippen LogP contribution in [-0.4, -0.2) is 17.8 Å². The number of aliphatic hydroxyl groups excluding tert-OH is 1. The fourth-order valence-electron chi connectivity index (χ4n) is 1.54. The van der Waals surface area contributed by atoms with Crippen LogP contribution >= 0.6 is 0 Å². The molecule has 0 aliphatic carbocycles. The van der Waals surface area contributed by atoms with Gasteiger partial charge < -0.3 is 10.4 Å². The van der Waals surface area contributed by atoms with Crippen LogP contribution in [0.3, 0.4) is 0 Å². The van der Waals surface area contributed by atoms with E-state index in [9.17, 15) is 4.39 Å². The lowest BCUT2D eigenvalue weighted by Crippen LogP contribution is -2.25. The van der Waals surface area contributed by atoms with Crippen LogP contribution in [0, 0.1) is 12.7 Å². The van der Waals surface area contributed by atoms with Crippen LogP contribution in [-0.2, 0) is 6.54 Å². The highest BCUT2D eigenvalue weighted by Gasteiger charge is 2.03. The topological polar surface area (TPSA) is 32.3 Å². The highest BCUT2D eigenvalue weighted by Crippen LogP contribution is 2.09. The lowest BCUT2D eigenvalue weighted by Gasteiger charge is -2.13. The molecule has 0 saturated heterocycles. The predicted molar refractivity (Wildman–Crippen MR) is 63.8 cm³/mol. The summed E-state index contributed by atoms with van der Waals surface area (Å²) in [6.07, 6.45) is 1.74. The molecule has 3 heteroatoms. The number of aryl methyl sites for hydroxylation is 1. The number of nitrogens with one attached hydrogen (secondary N) is 1. The summed E-state index contributed by atoms with van der Waals surface area (Å²) < 4.78 is 13.2. The molecule has 1 atom stereocenters. The van der Waals surface area contributed by atoms with Gasteiger partial charge in [-0.15, -0.1) is 0 Å². The van der Waals surface area contributed by atoms with E-state index < -0.39 is 0 Å². The van der Waals surface area contributed by atoms with E-state index in [4.69, 9.17) is 5.11 Å². The molecule has 1 aromatic rings. The van der Waals surface area contributed by atoms with Gasteiger partial charge >= 0.3 is 0 Å². The van der Waals surface area contributed by atoms with Gasteiger partial charge in [0.15, 0.2) is 0 Å². The van der Waals surface area contributed by atoms with E-state index in [0.29, 0.717) is 18.2 Å². The second-order valence-electron chi connectivity index (χ2n) is 4.23. The summed E-state index contributed by atoms with van der Waals surface area (Å²) in [5.74, 6) is -0.151. The minimum Gasteiger partial charge on any atom is -0.396 e. The molecule has 0 bridgehead atoms. The first-order valence-corrected chi connectivity index (χ1v) is 5.72. The summed E-state index contributed by atoms with van der Waals surface area (Å²) in [5.41, 5.74) is 1.64. The standard InChI is InChI=1S/C13H20FNO/c1-10-5-6-12(8-13(10)14)9-15-11(2)4-3-7-16/h5-6,8,11,15-16H,3-4,7,9H2,1-2H3. The van der Waals surface area contributed by atoms with Gasteiger partial charge in [0.1, 0.15) is 5.82 Å². The molecule has 2 nitrogen and oxygen atoms in total. The third-order valence-corrected chi connectivity index (χ3v) is 2.69. The monoisotopic (exact) mass is 225 g/mol. The first-order chi connectivity index (χ1) is 7.63. The Morgan fingerprint density at radius 2 is 2.19 bits per heavy atom. The Kier molecular flexibility index (Phi) is 5.43. The van der Waals surface area contributed by atoms with Crippen LogP contribution in [0.15, 0.2) is 18.2 Å². The van der Waals surface area contributed by atoms with Crippen LogP contribution in [0.25, 0.3) is 0 Å². The van der Waals surface area contributed by atoms with Crippen molar-refractivity contribution in [3.05, 3.63) is 35.1 Å². The fraction of sp³-hybridized carbons (Fsp3) is 0.538. The second kappa shape index (κ2) is 6.61. The molecule has 1 aromatic carbocycles. The van der Waals surface area contributed by atoms with Gasteiger partial charge in [-0.2, -0.15) is 0 Å². The highest BCUT2D eigenvalue weighted by atomic mass is 19.1. The largest absolute Gasteiger partial charge is 0.396 e. The van der Waals surface area contributed by atoms with E-state index in [1.54, 1.807) is 19.1 Å². The van der Waals surface area contributed by atoms with Crippen molar-refractivity contribution in [2.24, 2.45) is 0 Å². The van der Waals surface area contributed by atoms with Crippen molar-refractivity contribution >= 4 is 0 Å². The first-order valence-electron chi connectivity index (χ1n) is 5.72. The van der Waals surface area contributed by atoms with Crippen molar-refractivity contribution < 1.29 is 9.50 Å². The Hall–Kier alpha value is -0.930. The summed E-state index contributed by atoms with van der Waals surface area (Å²) in [7, 11) is 0. The fourth-order valence-corrected chi connectivity index (χ4v) is 1.54. The normalized spacial score (nSPS) is 12.8. The molecular weight excluding hydrogens is 205 g/mol. The zero-order valence-electron chi connectivity index (χ0n) is 9.96. The van der Waals surface area contributed by atoms with Gasteiger partial charge in [-0.1, -0.05) is 12.1 Å². The Labute approximate surface area is 96.5 Å². The number of benzene rings is 1. The van der Waals surface area contributed by atoms with Crippen molar-refractivity contribution in [3.63, 3.8) is 0 Å². The maximum absolute atomic E-state index is 13.2. The van der Waals surface area contributed by atoms with Gasteiger partial charge in [0.25, 0.3) is 0 Å². The Bertz CT molecular complexity index is 328. The summed E-state index contributed by atoms with van der Waals surface area (Å²) in [6.45, 7) is 4.73. The smallest absolute Gasteiger partial charge is 0.126 e. The molecule has 2 N–H and O–H groups in total. The average molecular weight is 225 g/mol. The van der Waals surface area contributed by atoms with Gasteiger partial charge in [0, 0.05) is 19.2 Å². The van der Waals surface area contributed by atoms with Crippen molar-refractivity contribution in [1.82, 2.24) is 5.32 Å². The lowest BCUT2D eigenvalue weighted by atomic mass is 10.1. The zero-order valence-corrected chi connectivity index (χ0v) is 9.96. The van der Waals surface area contributed by atoms with Gasteiger partial charge in [-0.05, 0) is 43.9 Å². The zero-order chi connectivity index (χ0) is 12.0. The van der Waals surface area contributed by atoms with Crippen LogP contribution in [0.2, 0.25) is 0 Å². The van der Waals surface area contributed by atoms with Crippen molar-refractivity contribution in [2.75, 3.05) is 6.61 Å². The maximum atomic E-state index is 13.2. The molecule has 0 radical (unpaired) electrons. The Balaban J connectivity index is 2.39. The molecule has 0 fully saturated rings. The third-order valence-electron chi connectivity index (χ3n) is 2.69. The number of rotatable bonds is 6. The summed E-state index contributed by atoms with van der Waals surface area (Å²) >= 11 is 0. The lowest BCUT2D eigenvalue weighted by molar-refractivity contribution is 0.276. The molecule has 16 heavy (non-hydrogen) atoms. The minimum absolute atomic E-state index is 0.151. The van der Waals surface area contributed by atoms with E-state index in [1.165, 1.54) is 0 Å². The number of hydrogen-bond donors (Lipinski definition) is 2. The molecule has 0 heterocycles. The molecule has 0 amide bonds. The molecule has 0 aliphatic rings. The molecular formula is C13H20FNO. The quantitative estimate of drug-likeness (QED) is 0.779. The van der Waals surface area contributed by atoms with E-state index in [0.717, 1.165) is 18.4 Å². The molecule has 90 valence electrons. The first kappa shape index (κ1) is 13.1. The molecule has 0 aliphatic heterocycles. The van der Waals surface area contributed by atoms with Crippen LogP contribution < -0.4 is 5.32 Å². The summed E-state index contributed by atoms with van der Waals surface area (Å²) in [6, 6.07) is 5.65. The van der Waals surface area contributed by atoms with Gasteiger partial charge in [-0.3, -0.25) is 0 Å². The van der Waals surface area contributed by atoms with E-state index >= 15 is 0 Å². The molecule has 1 rings (SSSR count). The second-order valence-corrected chi connectivity index (χ2v) is 4.23. The Morgan fingerprint density at radius 3 is 2.81 bits per heavy atom. The molecule has 0 aromatic heterocycles. The van der Waals surface area contributed by atoms with Crippen LogP contribution in [0.1, 0.15) is 30.9 Å². The van der Waals surface area contributed by atoms with Gasteiger partial charge in [-0.25, -0.2) is 4.39 Å². The van der Waals surface area contributed by atoms with Gasteiger partial charge in [0.05, 0.1) is 0 Å². The van der Waals surface area contributed by atoms with E-state index in [1.807, 2.05) is 6.07 Å². The van der Waals surface area contributed by atoms with Crippen molar-refractivity contribution in [2.45, 2.75) is 39.3 Å². The number of halogens is 1. The van der Waals surface area contributed by atoms with Crippen LogP contribution in [0.4, 0.5) is 4.39 Å². The third kappa shape index (κ3) is 4.29. The Morgan fingerprint density at radius 1 is 1.44 bits per heavy atom. The SMILES string of the molecule is Cc1ccc(CNC(C)CCCO)cc1F. The van der Waals surface area contributed by atoms with E-state index in [2.05, 4.69) is 12.2 Å². The van der Waals surface area contributed by atoms with Gasteiger partial charge in [0.2, 0.25) is 0 Å². The van der Waals surface area contributed by atoms with E-state index in [-0.39, 0.29) is 12.4 Å². The summed E-state index contributed by atoms with van der Waals surface area (Å²) in [5, 5.41) is 12.0. The minimum atomic E-state index is -0.151. The molecule has 0 saturated carbocycles. The number of aliphatic hydroxyl groups is 1. The van der Waals surface area contributed by atoms with Crippen molar-refractivity contribution in [1.29, 1.82) is 0 Å².